The molecule has 0 unspecified atom stereocenters. The molecule has 2 aromatic rings. The number of aromatic nitrogens is 1. The molecule has 9 heteroatoms. The molecule has 2 N–H and O–H groups in total. The molecule has 5 nitrogen and oxygen atoms in total. The Morgan fingerprint density at radius 1 is 1.38 bits per heavy atom. The Bertz CT molecular complexity index is 753. The second-order valence-electron chi connectivity index (χ2n) is 4.91. The third-order valence-corrected chi connectivity index (χ3v) is 3.35. The first-order chi connectivity index (χ1) is 11.2. The van der Waals surface area contributed by atoms with Gasteiger partial charge in [0.2, 0.25) is 5.91 Å². The highest BCUT2D eigenvalue weighted by atomic mass is 35.5. The Labute approximate surface area is 140 Å². The van der Waals surface area contributed by atoms with E-state index in [4.69, 9.17) is 17.3 Å². The van der Waals surface area contributed by atoms with E-state index in [9.17, 15) is 18.0 Å². The van der Waals surface area contributed by atoms with Crippen LogP contribution in [-0.4, -0.2) is 24.3 Å². The number of primary amides is 1. The fourth-order valence-corrected chi connectivity index (χ4v) is 2.35. The number of hydrogen-bond donors (Lipinski definition) is 1. The lowest BCUT2D eigenvalue weighted by atomic mass is 10.2. The molecular weight excluding hydrogens is 347 g/mol. The summed E-state index contributed by atoms with van der Waals surface area (Å²) in [4.78, 5) is 16.7. The smallest absolute Gasteiger partial charge is 0.405 e. The SMILES string of the molecule is CN(Cc1ccccc1OC(F)(F)F)c1ncc(C(N)=O)cc1Cl. The molecule has 0 bridgehead atoms. The molecule has 2 rings (SSSR count). The van der Waals surface area contributed by atoms with Crippen LogP contribution in [0, 0.1) is 0 Å². The zero-order chi connectivity index (χ0) is 17.9. The van der Waals surface area contributed by atoms with Crippen molar-refractivity contribution in [2.75, 3.05) is 11.9 Å². The Balaban J connectivity index is 2.24. The Kier molecular flexibility index (Phi) is 5.18. The van der Waals surface area contributed by atoms with Gasteiger partial charge in [-0.2, -0.15) is 0 Å². The summed E-state index contributed by atoms with van der Waals surface area (Å²) in [6.07, 6.45) is -3.54. The Morgan fingerprint density at radius 2 is 2.04 bits per heavy atom. The van der Waals surface area contributed by atoms with Crippen molar-refractivity contribution in [3.05, 3.63) is 52.7 Å². The molecule has 0 saturated carbocycles. The maximum absolute atomic E-state index is 12.5. The summed E-state index contributed by atoms with van der Waals surface area (Å²) in [6, 6.07) is 7.11. The molecule has 128 valence electrons. The topological polar surface area (TPSA) is 68.4 Å². The van der Waals surface area contributed by atoms with E-state index >= 15 is 0 Å². The van der Waals surface area contributed by atoms with Crippen molar-refractivity contribution in [2.45, 2.75) is 12.9 Å². The van der Waals surface area contributed by atoms with Gasteiger partial charge >= 0.3 is 6.36 Å². The lowest BCUT2D eigenvalue weighted by Crippen LogP contribution is -2.22. The number of amides is 1. The number of ether oxygens (including phenoxy) is 1. The summed E-state index contributed by atoms with van der Waals surface area (Å²) in [5.41, 5.74) is 5.57. The van der Waals surface area contributed by atoms with E-state index < -0.39 is 12.3 Å². The maximum atomic E-state index is 12.5. The zero-order valence-electron chi connectivity index (χ0n) is 12.5. The Hall–Kier alpha value is -2.48. The molecule has 0 aliphatic rings. The van der Waals surface area contributed by atoms with Gasteiger partial charge < -0.3 is 15.4 Å². The molecule has 0 aliphatic heterocycles. The summed E-state index contributed by atoms with van der Waals surface area (Å²) in [5.74, 6) is -0.687. The highest BCUT2D eigenvalue weighted by Gasteiger charge is 2.32. The van der Waals surface area contributed by atoms with Crippen molar-refractivity contribution in [1.29, 1.82) is 0 Å². The minimum atomic E-state index is -4.78. The van der Waals surface area contributed by atoms with Crippen LogP contribution in [0.5, 0.6) is 5.75 Å². The van der Waals surface area contributed by atoms with E-state index in [1.165, 1.54) is 35.4 Å². The van der Waals surface area contributed by atoms with Crippen molar-refractivity contribution < 1.29 is 22.7 Å². The molecule has 0 aliphatic carbocycles. The van der Waals surface area contributed by atoms with Gasteiger partial charge in [-0.3, -0.25) is 4.79 Å². The third kappa shape index (κ3) is 4.51. The van der Waals surface area contributed by atoms with E-state index in [2.05, 4.69) is 9.72 Å². The van der Waals surface area contributed by atoms with Gasteiger partial charge in [-0.15, -0.1) is 13.2 Å². The molecule has 0 spiro atoms. The highest BCUT2D eigenvalue weighted by Crippen LogP contribution is 2.29. The lowest BCUT2D eigenvalue weighted by molar-refractivity contribution is -0.274. The van der Waals surface area contributed by atoms with Gasteiger partial charge in [-0.1, -0.05) is 29.8 Å². The molecule has 1 aromatic heterocycles. The van der Waals surface area contributed by atoms with Gasteiger partial charge in [-0.05, 0) is 12.1 Å². The number of benzene rings is 1. The molecule has 0 atom stereocenters. The minimum Gasteiger partial charge on any atom is -0.405 e. The largest absolute Gasteiger partial charge is 0.573 e. The van der Waals surface area contributed by atoms with Gasteiger partial charge in [0, 0.05) is 25.4 Å². The molecule has 0 radical (unpaired) electrons. The van der Waals surface area contributed by atoms with Crippen LogP contribution < -0.4 is 15.4 Å². The average Bonchev–Trinajstić information content (AvgIpc) is 2.47. The van der Waals surface area contributed by atoms with Crippen molar-refractivity contribution >= 4 is 23.3 Å². The number of pyridine rings is 1. The normalized spacial score (nSPS) is 11.2. The fraction of sp³-hybridized carbons (Fsp3) is 0.200. The highest BCUT2D eigenvalue weighted by molar-refractivity contribution is 6.33. The summed E-state index contributed by atoms with van der Waals surface area (Å²) in [7, 11) is 1.60. The number of nitrogens with two attached hydrogens (primary N) is 1. The van der Waals surface area contributed by atoms with E-state index in [0.29, 0.717) is 11.4 Å². The molecular formula is C15H13ClF3N3O2. The van der Waals surface area contributed by atoms with Crippen molar-refractivity contribution in [2.24, 2.45) is 5.73 Å². The number of para-hydroxylation sites is 1. The number of alkyl halides is 3. The summed E-state index contributed by atoms with van der Waals surface area (Å²) < 4.78 is 41.4. The fourth-order valence-electron chi connectivity index (χ4n) is 2.04. The predicted octanol–water partition coefficient (Wildman–Crippen LogP) is 3.37. The zero-order valence-corrected chi connectivity index (χ0v) is 13.2. The van der Waals surface area contributed by atoms with Crippen LogP contribution in [0.1, 0.15) is 15.9 Å². The van der Waals surface area contributed by atoms with Gasteiger partial charge in [0.15, 0.2) is 0 Å². The first kappa shape index (κ1) is 17.9. The molecule has 0 fully saturated rings. The van der Waals surface area contributed by atoms with Crippen LogP contribution in [0.15, 0.2) is 36.5 Å². The number of carbonyl (C=O) groups excluding carboxylic acids is 1. The molecule has 0 saturated heterocycles. The number of rotatable bonds is 5. The van der Waals surface area contributed by atoms with Gasteiger partial charge in [-0.25, -0.2) is 4.98 Å². The minimum absolute atomic E-state index is 0.0644. The first-order valence-corrected chi connectivity index (χ1v) is 7.05. The second-order valence-corrected chi connectivity index (χ2v) is 5.31. The third-order valence-electron chi connectivity index (χ3n) is 3.07. The van der Waals surface area contributed by atoms with Crippen LogP contribution >= 0.6 is 11.6 Å². The number of nitrogens with zero attached hydrogens (tertiary/aromatic N) is 2. The molecule has 1 aromatic carbocycles. The monoisotopic (exact) mass is 359 g/mol. The lowest BCUT2D eigenvalue weighted by Gasteiger charge is -2.21. The quantitative estimate of drug-likeness (QED) is 0.888. The standard InChI is InChI=1S/C15H13ClF3N3O2/c1-22(14-11(16)6-10(7-21-14)13(20)23)8-9-4-2-3-5-12(9)24-15(17,18)19/h2-7H,8H2,1H3,(H2,20,23). The van der Waals surface area contributed by atoms with Crippen LogP contribution in [0.4, 0.5) is 19.0 Å². The van der Waals surface area contributed by atoms with Gasteiger partial charge in [0.05, 0.1) is 10.6 Å². The van der Waals surface area contributed by atoms with Crippen molar-refractivity contribution in [3.8, 4) is 5.75 Å². The van der Waals surface area contributed by atoms with E-state index in [1.54, 1.807) is 13.1 Å². The van der Waals surface area contributed by atoms with Gasteiger partial charge in [0.1, 0.15) is 11.6 Å². The second kappa shape index (κ2) is 6.96. The number of carbonyl (C=O) groups is 1. The van der Waals surface area contributed by atoms with Crippen LogP contribution in [0.3, 0.4) is 0 Å². The van der Waals surface area contributed by atoms with Crippen LogP contribution in [0.2, 0.25) is 5.02 Å². The first-order valence-electron chi connectivity index (χ1n) is 6.67. The predicted molar refractivity (Wildman–Crippen MR) is 83.0 cm³/mol. The van der Waals surface area contributed by atoms with Crippen molar-refractivity contribution in [3.63, 3.8) is 0 Å². The molecule has 1 amide bonds. The molecule has 24 heavy (non-hydrogen) atoms. The van der Waals surface area contributed by atoms with E-state index in [0.717, 1.165) is 0 Å². The number of halogens is 4. The molecule has 1 heterocycles. The summed E-state index contributed by atoms with van der Waals surface area (Å²) in [5, 5.41) is 0.156. The van der Waals surface area contributed by atoms with Crippen molar-refractivity contribution in [1.82, 2.24) is 4.98 Å². The van der Waals surface area contributed by atoms with Gasteiger partial charge in [0.25, 0.3) is 0 Å². The number of anilines is 1. The van der Waals surface area contributed by atoms with Crippen LogP contribution in [0.25, 0.3) is 0 Å². The van der Waals surface area contributed by atoms with E-state index in [1.807, 2.05) is 0 Å². The summed E-state index contributed by atoms with van der Waals surface area (Å²) >= 11 is 6.06. The average molecular weight is 360 g/mol. The Morgan fingerprint density at radius 3 is 2.62 bits per heavy atom. The van der Waals surface area contributed by atoms with E-state index in [-0.39, 0.29) is 22.9 Å². The van der Waals surface area contributed by atoms with Crippen LogP contribution in [-0.2, 0) is 6.54 Å². The summed E-state index contributed by atoms with van der Waals surface area (Å²) in [6.45, 7) is 0.0644. The number of hydrogen-bond acceptors (Lipinski definition) is 4. The maximum Gasteiger partial charge on any atom is 0.573 e.